The van der Waals surface area contributed by atoms with Gasteiger partial charge in [0.05, 0.1) is 17.9 Å². The van der Waals surface area contributed by atoms with Gasteiger partial charge in [-0.2, -0.15) is 0 Å². The monoisotopic (exact) mass is 278 g/mol. The van der Waals surface area contributed by atoms with Crippen LogP contribution in [0.3, 0.4) is 0 Å². The SMILES string of the molecule is O=C1[C@H]2CN(C(=O)C3(F)CC3)C[C@H]2CN1c1ccoc1. The van der Waals surface area contributed by atoms with Gasteiger partial charge in [0.2, 0.25) is 5.91 Å². The fraction of sp³-hybridized carbons (Fsp3) is 0.571. The normalized spacial score (nSPS) is 30.8. The summed E-state index contributed by atoms with van der Waals surface area (Å²) < 4.78 is 18.8. The molecule has 3 aliphatic rings. The Hall–Kier alpha value is -1.85. The molecule has 20 heavy (non-hydrogen) atoms. The minimum Gasteiger partial charge on any atom is -0.470 e. The summed E-state index contributed by atoms with van der Waals surface area (Å²) in [5.74, 6) is -0.509. The van der Waals surface area contributed by atoms with Crippen LogP contribution in [0.4, 0.5) is 10.1 Å². The van der Waals surface area contributed by atoms with E-state index in [1.165, 1.54) is 11.2 Å². The van der Waals surface area contributed by atoms with E-state index in [9.17, 15) is 14.0 Å². The maximum atomic E-state index is 13.8. The second kappa shape index (κ2) is 3.84. The van der Waals surface area contributed by atoms with E-state index in [4.69, 9.17) is 4.42 Å². The number of carbonyl (C=O) groups is 2. The summed E-state index contributed by atoms with van der Waals surface area (Å²) in [4.78, 5) is 27.6. The first kappa shape index (κ1) is 11.9. The lowest BCUT2D eigenvalue weighted by Crippen LogP contribution is -2.40. The summed E-state index contributed by atoms with van der Waals surface area (Å²) in [7, 11) is 0. The van der Waals surface area contributed by atoms with Crippen molar-refractivity contribution in [3.05, 3.63) is 18.6 Å². The average Bonchev–Trinajstić information content (AvgIpc) is 2.88. The Morgan fingerprint density at radius 3 is 2.75 bits per heavy atom. The summed E-state index contributed by atoms with van der Waals surface area (Å²) in [5.41, 5.74) is -0.877. The summed E-state index contributed by atoms with van der Waals surface area (Å²) in [6.07, 6.45) is 3.73. The maximum absolute atomic E-state index is 13.8. The lowest BCUT2D eigenvalue weighted by atomic mass is 10.0. The number of carbonyl (C=O) groups excluding carboxylic acids is 2. The summed E-state index contributed by atoms with van der Waals surface area (Å²) in [6.45, 7) is 1.41. The molecule has 0 unspecified atom stereocenters. The first-order valence-electron chi connectivity index (χ1n) is 6.90. The standard InChI is InChI=1S/C14H15FN2O3/c15-14(2-3-14)13(19)16-5-9-6-17(10-1-4-20-8-10)12(18)11(9)7-16/h1,4,8-9,11H,2-3,5-7H2/t9-,11-/m0/s1. The van der Waals surface area contributed by atoms with Gasteiger partial charge in [0.1, 0.15) is 6.26 Å². The van der Waals surface area contributed by atoms with Crippen molar-refractivity contribution in [1.29, 1.82) is 0 Å². The van der Waals surface area contributed by atoms with Crippen LogP contribution in [0, 0.1) is 11.8 Å². The quantitative estimate of drug-likeness (QED) is 0.817. The van der Waals surface area contributed by atoms with Crippen molar-refractivity contribution >= 4 is 17.5 Å². The van der Waals surface area contributed by atoms with Crippen LogP contribution in [-0.4, -0.2) is 42.0 Å². The largest absolute Gasteiger partial charge is 0.470 e. The molecule has 5 nitrogen and oxygen atoms in total. The Kier molecular flexibility index (Phi) is 2.29. The fourth-order valence-electron chi connectivity index (χ4n) is 3.28. The minimum absolute atomic E-state index is 0.00963. The van der Waals surface area contributed by atoms with Gasteiger partial charge in [-0.3, -0.25) is 9.59 Å². The van der Waals surface area contributed by atoms with E-state index in [0.29, 0.717) is 32.5 Å². The number of alkyl halides is 1. The molecule has 1 aromatic heterocycles. The second-order valence-electron chi connectivity index (χ2n) is 5.97. The summed E-state index contributed by atoms with van der Waals surface area (Å²) >= 11 is 0. The van der Waals surface area contributed by atoms with Crippen molar-refractivity contribution < 1.29 is 18.4 Å². The lowest BCUT2D eigenvalue weighted by molar-refractivity contribution is -0.137. The van der Waals surface area contributed by atoms with E-state index in [1.807, 2.05) is 0 Å². The zero-order valence-corrected chi connectivity index (χ0v) is 10.9. The number of furan rings is 1. The number of amides is 2. The highest BCUT2D eigenvalue weighted by Crippen LogP contribution is 2.44. The molecule has 0 radical (unpaired) electrons. The molecule has 2 saturated heterocycles. The first-order chi connectivity index (χ1) is 9.58. The van der Waals surface area contributed by atoms with Crippen molar-refractivity contribution in [1.82, 2.24) is 4.90 Å². The summed E-state index contributed by atoms with van der Waals surface area (Å²) in [6, 6.07) is 1.75. The number of hydrogen-bond donors (Lipinski definition) is 0. The second-order valence-corrected chi connectivity index (χ2v) is 5.97. The van der Waals surface area contributed by atoms with Crippen LogP contribution in [0.1, 0.15) is 12.8 Å². The number of nitrogens with zero attached hydrogens (tertiary/aromatic N) is 2. The Morgan fingerprint density at radius 2 is 2.15 bits per heavy atom. The van der Waals surface area contributed by atoms with Gasteiger partial charge in [-0.1, -0.05) is 0 Å². The number of anilines is 1. The average molecular weight is 278 g/mol. The molecule has 3 fully saturated rings. The number of halogens is 1. The Labute approximate surface area is 115 Å². The minimum atomic E-state index is -1.63. The molecule has 4 rings (SSSR count). The van der Waals surface area contributed by atoms with Crippen molar-refractivity contribution in [2.45, 2.75) is 18.5 Å². The molecule has 0 N–H and O–H groups in total. The van der Waals surface area contributed by atoms with Gasteiger partial charge in [-0.25, -0.2) is 4.39 Å². The predicted molar refractivity (Wildman–Crippen MR) is 67.7 cm³/mol. The van der Waals surface area contributed by atoms with E-state index in [1.54, 1.807) is 17.2 Å². The molecule has 0 aromatic carbocycles. The van der Waals surface area contributed by atoms with Gasteiger partial charge < -0.3 is 14.2 Å². The first-order valence-corrected chi connectivity index (χ1v) is 6.90. The van der Waals surface area contributed by atoms with E-state index in [-0.39, 0.29) is 17.7 Å². The van der Waals surface area contributed by atoms with Crippen LogP contribution in [0.25, 0.3) is 0 Å². The molecule has 2 amide bonds. The van der Waals surface area contributed by atoms with Crippen molar-refractivity contribution in [3.8, 4) is 0 Å². The number of hydrogen-bond acceptors (Lipinski definition) is 3. The lowest BCUT2D eigenvalue weighted by Gasteiger charge is -2.22. The molecule has 0 spiro atoms. The molecule has 6 heteroatoms. The number of likely N-dealkylation sites (tertiary alicyclic amines) is 1. The molecule has 2 aliphatic heterocycles. The number of fused-ring (bicyclic) bond motifs is 1. The van der Waals surface area contributed by atoms with Gasteiger partial charge in [-0.15, -0.1) is 0 Å². The van der Waals surface area contributed by atoms with Crippen molar-refractivity contribution in [2.24, 2.45) is 11.8 Å². The third-order valence-electron chi connectivity index (χ3n) is 4.62. The molecule has 106 valence electrons. The highest BCUT2D eigenvalue weighted by atomic mass is 19.1. The molecule has 0 bridgehead atoms. The smallest absolute Gasteiger partial charge is 0.260 e. The van der Waals surface area contributed by atoms with Gasteiger partial charge >= 0.3 is 0 Å². The van der Waals surface area contributed by atoms with Crippen LogP contribution in [0.5, 0.6) is 0 Å². The molecule has 2 atom stereocenters. The molecule has 1 aliphatic carbocycles. The van der Waals surface area contributed by atoms with Crippen LogP contribution >= 0.6 is 0 Å². The zero-order valence-electron chi connectivity index (χ0n) is 10.9. The zero-order chi connectivity index (χ0) is 13.9. The maximum Gasteiger partial charge on any atom is 0.260 e. The Bertz CT molecular complexity index is 567. The van der Waals surface area contributed by atoms with Crippen LogP contribution in [-0.2, 0) is 9.59 Å². The molecular formula is C14H15FN2O3. The van der Waals surface area contributed by atoms with Gasteiger partial charge in [-0.05, 0) is 12.8 Å². The molecule has 3 heterocycles. The Morgan fingerprint density at radius 1 is 1.35 bits per heavy atom. The Balaban J connectivity index is 1.49. The van der Waals surface area contributed by atoms with E-state index in [0.717, 1.165) is 5.69 Å². The summed E-state index contributed by atoms with van der Waals surface area (Å²) in [5, 5.41) is 0. The number of rotatable bonds is 2. The molecule has 1 saturated carbocycles. The van der Waals surface area contributed by atoms with Crippen molar-refractivity contribution in [2.75, 3.05) is 24.5 Å². The highest BCUT2D eigenvalue weighted by molar-refractivity contribution is 5.99. The van der Waals surface area contributed by atoms with Crippen molar-refractivity contribution in [3.63, 3.8) is 0 Å². The topological polar surface area (TPSA) is 53.8 Å². The van der Waals surface area contributed by atoms with Gasteiger partial charge in [0.25, 0.3) is 5.91 Å². The fourth-order valence-corrected chi connectivity index (χ4v) is 3.28. The van der Waals surface area contributed by atoms with Crippen LogP contribution < -0.4 is 4.90 Å². The van der Waals surface area contributed by atoms with Gasteiger partial charge in [0, 0.05) is 31.6 Å². The molecule has 1 aromatic rings. The van der Waals surface area contributed by atoms with Gasteiger partial charge in [0.15, 0.2) is 5.67 Å². The molecular weight excluding hydrogens is 263 g/mol. The van der Waals surface area contributed by atoms with E-state index < -0.39 is 11.6 Å². The van der Waals surface area contributed by atoms with E-state index in [2.05, 4.69) is 0 Å². The third kappa shape index (κ3) is 1.60. The van der Waals surface area contributed by atoms with Crippen LogP contribution in [0.15, 0.2) is 23.0 Å². The third-order valence-corrected chi connectivity index (χ3v) is 4.62. The predicted octanol–water partition coefficient (Wildman–Crippen LogP) is 1.20. The van der Waals surface area contributed by atoms with Crippen LogP contribution in [0.2, 0.25) is 0 Å². The highest BCUT2D eigenvalue weighted by Gasteiger charge is 2.56. The van der Waals surface area contributed by atoms with E-state index >= 15 is 0 Å².